The first-order valence-corrected chi connectivity index (χ1v) is 8.57. The standard InChI is InChI=1S/C20H29FN2O2/c1-13(2)14(3)25-12-20(15-8-10-16(21)11-9-15)18(24)23(7)17(22-20)19(4,5)6/h8-11,14,17,22H,1,12H2,2-7H3/t14-,17?,20-/m1/s1. The molecule has 3 atom stereocenters. The first-order valence-electron chi connectivity index (χ1n) is 8.57. The van der Waals surface area contributed by atoms with Crippen LogP contribution >= 0.6 is 0 Å². The van der Waals surface area contributed by atoms with Crippen LogP contribution in [0.5, 0.6) is 0 Å². The van der Waals surface area contributed by atoms with Gasteiger partial charge in [-0.05, 0) is 37.0 Å². The fourth-order valence-electron chi connectivity index (χ4n) is 3.13. The summed E-state index contributed by atoms with van der Waals surface area (Å²) in [6.07, 6.45) is -0.334. The van der Waals surface area contributed by atoms with Gasteiger partial charge in [0, 0.05) is 7.05 Å². The number of rotatable bonds is 5. The van der Waals surface area contributed by atoms with Crippen molar-refractivity contribution < 1.29 is 13.9 Å². The lowest BCUT2D eigenvalue weighted by atomic mass is 9.89. The van der Waals surface area contributed by atoms with Crippen LogP contribution in [0.25, 0.3) is 0 Å². The molecular weight excluding hydrogens is 319 g/mol. The minimum atomic E-state index is -1.04. The lowest BCUT2D eigenvalue weighted by molar-refractivity contribution is -0.135. The Kier molecular flexibility index (Phi) is 5.40. The van der Waals surface area contributed by atoms with Gasteiger partial charge in [0.2, 0.25) is 0 Å². The molecule has 0 aromatic heterocycles. The molecule has 1 amide bonds. The summed E-state index contributed by atoms with van der Waals surface area (Å²) in [5.41, 5.74) is 0.392. The van der Waals surface area contributed by atoms with Crippen molar-refractivity contribution in [1.29, 1.82) is 0 Å². The van der Waals surface area contributed by atoms with Gasteiger partial charge in [0.05, 0.1) is 18.9 Å². The summed E-state index contributed by atoms with van der Waals surface area (Å²) >= 11 is 0. The fraction of sp³-hybridized carbons (Fsp3) is 0.550. The normalized spacial score (nSPS) is 25.3. The molecule has 4 nitrogen and oxygen atoms in total. The molecule has 1 saturated heterocycles. The highest BCUT2D eigenvalue weighted by molar-refractivity contribution is 5.90. The Hall–Kier alpha value is -1.72. The van der Waals surface area contributed by atoms with E-state index in [2.05, 4.69) is 32.7 Å². The molecule has 0 spiro atoms. The summed E-state index contributed by atoms with van der Waals surface area (Å²) in [4.78, 5) is 14.9. The minimum Gasteiger partial charge on any atom is -0.371 e. The van der Waals surface area contributed by atoms with Crippen LogP contribution in [0, 0.1) is 11.2 Å². The average molecular weight is 348 g/mol. The molecule has 1 heterocycles. The van der Waals surface area contributed by atoms with E-state index >= 15 is 0 Å². The number of amides is 1. The van der Waals surface area contributed by atoms with E-state index in [1.807, 2.05) is 13.8 Å². The van der Waals surface area contributed by atoms with E-state index in [0.717, 1.165) is 5.57 Å². The Labute approximate surface area is 150 Å². The molecule has 0 saturated carbocycles. The summed E-state index contributed by atoms with van der Waals surface area (Å²) < 4.78 is 19.4. The van der Waals surface area contributed by atoms with Crippen LogP contribution in [0.15, 0.2) is 36.4 Å². The summed E-state index contributed by atoms with van der Waals surface area (Å²) in [6, 6.07) is 6.04. The molecule has 0 aliphatic carbocycles. The Balaban J connectivity index is 2.44. The molecule has 1 aliphatic rings. The number of benzene rings is 1. The van der Waals surface area contributed by atoms with Gasteiger partial charge in [-0.1, -0.05) is 45.1 Å². The molecule has 5 heteroatoms. The maximum absolute atomic E-state index is 13.4. The lowest BCUT2D eigenvalue weighted by Gasteiger charge is -2.33. The number of carbonyl (C=O) groups excluding carboxylic acids is 1. The largest absolute Gasteiger partial charge is 0.371 e. The third kappa shape index (κ3) is 3.77. The van der Waals surface area contributed by atoms with E-state index in [4.69, 9.17) is 4.74 Å². The molecule has 0 radical (unpaired) electrons. The van der Waals surface area contributed by atoms with Crippen LogP contribution < -0.4 is 5.32 Å². The van der Waals surface area contributed by atoms with Crippen LogP contribution in [-0.4, -0.2) is 36.7 Å². The number of carbonyl (C=O) groups is 1. The number of ether oxygens (including phenoxy) is 1. The van der Waals surface area contributed by atoms with Crippen LogP contribution in [-0.2, 0) is 15.1 Å². The summed E-state index contributed by atoms with van der Waals surface area (Å²) in [7, 11) is 1.79. The molecule has 1 aromatic rings. The number of hydrogen-bond donors (Lipinski definition) is 1. The van der Waals surface area contributed by atoms with Crippen LogP contribution in [0.2, 0.25) is 0 Å². The smallest absolute Gasteiger partial charge is 0.250 e. The second kappa shape index (κ2) is 6.89. The van der Waals surface area contributed by atoms with Crippen molar-refractivity contribution in [3.63, 3.8) is 0 Å². The van der Waals surface area contributed by atoms with Gasteiger partial charge in [-0.3, -0.25) is 10.1 Å². The quantitative estimate of drug-likeness (QED) is 0.829. The molecule has 1 aliphatic heterocycles. The predicted octanol–water partition coefficient (Wildman–Crippen LogP) is 3.44. The van der Waals surface area contributed by atoms with Gasteiger partial charge in [-0.15, -0.1) is 0 Å². The summed E-state index contributed by atoms with van der Waals surface area (Å²) in [6.45, 7) is 14.1. The molecule has 1 aromatic carbocycles. The Morgan fingerprint density at radius 1 is 1.40 bits per heavy atom. The third-order valence-electron chi connectivity index (χ3n) is 4.86. The van der Waals surface area contributed by atoms with Gasteiger partial charge in [-0.25, -0.2) is 4.39 Å². The highest BCUT2D eigenvalue weighted by Gasteiger charge is 2.54. The number of likely N-dealkylation sites (N-methyl/N-ethyl adjacent to an activating group) is 1. The molecular formula is C20H29FN2O2. The zero-order valence-electron chi connectivity index (χ0n) is 16.0. The topological polar surface area (TPSA) is 41.6 Å². The molecule has 2 rings (SSSR count). The zero-order valence-corrected chi connectivity index (χ0v) is 16.0. The van der Waals surface area contributed by atoms with E-state index < -0.39 is 5.54 Å². The van der Waals surface area contributed by atoms with Crippen LogP contribution in [0.4, 0.5) is 4.39 Å². The SMILES string of the molecule is C=C(C)[C@@H](C)OC[C@]1(c2ccc(F)cc2)NC(C(C)(C)C)N(C)C1=O. The maximum atomic E-state index is 13.4. The van der Waals surface area contributed by atoms with Crippen molar-refractivity contribution in [1.82, 2.24) is 10.2 Å². The van der Waals surface area contributed by atoms with Gasteiger partial charge < -0.3 is 9.64 Å². The van der Waals surface area contributed by atoms with E-state index in [-0.39, 0.29) is 36.0 Å². The molecule has 1 unspecified atom stereocenters. The Bertz CT molecular complexity index is 651. The van der Waals surface area contributed by atoms with Gasteiger partial charge in [0.25, 0.3) is 5.91 Å². The Morgan fingerprint density at radius 2 is 1.96 bits per heavy atom. The van der Waals surface area contributed by atoms with Gasteiger partial charge in [-0.2, -0.15) is 0 Å². The zero-order chi connectivity index (χ0) is 19.0. The maximum Gasteiger partial charge on any atom is 0.250 e. The van der Waals surface area contributed by atoms with E-state index in [0.29, 0.717) is 5.56 Å². The highest BCUT2D eigenvalue weighted by Crippen LogP contribution is 2.37. The van der Waals surface area contributed by atoms with Gasteiger partial charge >= 0.3 is 0 Å². The molecule has 1 N–H and O–H groups in total. The van der Waals surface area contributed by atoms with Crippen molar-refractivity contribution in [3.05, 3.63) is 47.8 Å². The van der Waals surface area contributed by atoms with E-state index in [1.54, 1.807) is 24.1 Å². The number of halogens is 1. The van der Waals surface area contributed by atoms with Gasteiger partial charge in [0.1, 0.15) is 11.4 Å². The van der Waals surface area contributed by atoms with Gasteiger partial charge in [0.15, 0.2) is 0 Å². The summed E-state index contributed by atoms with van der Waals surface area (Å²) in [5, 5.41) is 3.47. The summed E-state index contributed by atoms with van der Waals surface area (Å²) in [5.74, 6) is -0.408. The molecule has 138 valence electrons. The van der Waals surface area contributed by atoms with Crippen molar-refractivity contribution >= 4 is 5.91 Å². The minimum absolute atomic E-state index is 0.0760. The van der Waals surface area contributed by atoms with Crippen LogP contribution in [0.1, 0.15) is 40.2 Å². The lowest BCUT2D eigenvalue weighted by Crippen LogP contribution is -2.51. The van der Waals surface area contributed by atoms with E-state index in [1.165, 1.54) is 12.1 Å². The van der Waals surface area contributed by atoms with Crippen molar-refractivity contribution in [2.24, 2.45) is 5.41 Å². The average Bonchev–Trinajstić information content (AvgIpc) is 2.79. The highest BCUT2D eigenvalue weighted by atomic mass is 19.1. The Morgan fingerprint density at radius 3 is 2.40 bits per heavy atom. The van der Waals surface area contributed by atoms with Crippen molar-refractivity contribution in [2.75, 3.05) is 13.7 Å². The monoisotopic (exact) mass is 348 g/mol. The fourth-order valence-corrected chi connectivity index (χ4v) is 3.13. The molecule has 1 fully saturated rings. The number of nitrogens with one attached hydrogen (secondary N) is 1. The van der Waals surface area contributed by atoms with Crippen LogP contribution in [0.3, 0.4) is 0 Å². The molecule has 0 bridgehead atoms. The number of nitrogens with zero attached hydrogens (tertiary/aromatic N) is 1. The van der Waals surface area contributed by atoms with E-state index in [9.17, 15) is 9.18 Å². The van der Waals surface area contributed by atoms with Crippen molar-refractivity contribution in [2.45, 2.75) is 52.4 Å². The molecule has 25 heavy (non-hydrogen) atoms. The third-order valence-corrected chi connectivity index (χ3v) is 4.86. The number of hydrogen-bond acceptors (Lipinski definition) is 3. The second-order valence-electron chi connectivity index (χ2n) is 8.04. The predicted molar refractivity (Wildman–Crippen MR) is 97.5 cm³/mol. The first kappa shape index (κ1) is 19.6. The first-order chi connectivity index (χ1) is 11.5. The van der Waals surface area contributed by atoms with Crippen molar-refractivity contribution in [3.8, 4) is 0 Å². The second-order valence-corrected chi connectivity index (χ2v) is 8.04.